The van der Waals surface area contributed by atoms with Crippen molar-refractivity contribution in [2.45, 2.75) is 78.7 Å². The number of benzene rings is 1. The summed E-state index contributed by atoms with van der Waals surface area (Å²) in [7, 11) is 0. The van der Waals surface area contributed by atoms with Crippen LogP contribution in [0.1, 0.15) is 88.2 Å². The summed E-state index contributed by atoms with van der Waals surface area (Å²) in [5, 5.41) is 20.2. The molecule has 0 aliphatic rings. The normalized spacial score (nSPS) is 11.5. The Kier molecular flexibility index (Phi) is 7.22. The van der Waals surface area contributed by atoms with Crippen molar-refractivity contribution in [3.05, 3.63) is 46.8 Å². The lowest BCUT2D eigenvalue weighted by atomic mass is 9.85. The van der Waals surface area contributed by atoms with Crippen molar-refractivity contribution in [3.63, 3.8) is 0 Å². The maximum atomic E-state index is 10.2. The van der Waals surface area contributed by atoms with Crippen molar-refractivity contribution < 1.29 is 10.2 Å². The van der Waals surface area contributed by atoms with Crippen LogP contribution in [0.25, 0.3) is 11.1 Å². The number of hydrogen-bond donors (Lipinski definition) is 2. The molecule has 2 N–H and O–H groups in total. The van der Waals surface area contributed by atoms with Gasteiger partial charge in [-0.1, -0.05) is 59.6 Å². The van der Waals surface area contributed by atoms with E-state index in [1.165, 1.54) is 18.4 Å². The van der Waals surface area contributed by atoms with Crippen molar-refractivity contribution in [1.82, 2.24) is 4.98 Å². The molecule has 0 amide bonds. The molecule has 142 valence electrons. The summed E-state index contributed by atoms with van der Waals surface area (Å²) in [5.74, 6) is 0.795. The minimum absolute atomic E-state index is 0.0370. The second-order valence-electron chi connectivity index (χ2n) is 7.69. The molecule has 3 heteroatoms. The molecule has 1 aromatic carbocycles. The van der Waals surface area contributed by atoms with E-state index in [0.29, 0.717) is 5.92 Å². The van der Waals surface area contributed by atoms with Crippen molar-refractivity contribution in [2.75, 3.05) is 0 Å². The number of pyridine rings is 1. The molecule has 0 atom stereocenters. The van der Waals surface area contributed by atoms with Crippen LogP contribution in [0.3, 0.4) is 0 Å². The van der Waals surface area contributed by atoms with Crippen molar-refractivity contribution in [3.8, 4) is 16.9 Å². The summed E-state index contributed by atoms with van der Waals surface area (Å²) in [4.78, 5) is 5.01. The van der Waals surface area contributed by atoms with Crippen LogP contribution in [0.2, 0.25) is 0 Å². The summed E-state index contributed by atoms with van der Waals surface area (Å²) >= 11 is 0. The number of aliphatic hydroxyl groups is 1. The topological polar surface area (TPSA) is 53.4 Å². The third-order valence-electron chi connectivity index (χ3n) is 4.88. The SMILES string of the molecule is CCCCCc1c(C(C)C)nc(C(C)C)c(CO)c1-c1cccc(O)c1. The van der Waals surface area contributed by atoms with Crippen LogP contribution in [-0.4, -0.2) is 15.2 Å². The highest BCUT2D eigenvalue weighted by Gasteiger charge is 2.23. The first-order valence-electron chi connectivity index (χ1n) is 9.86. The van der Waals surface area contributed by atoms with Crippen LogP contribution >= 0.6 is 0 Å². The molecule has 0 unspecified atom stereocenters. The molecule has 1 aromatic heterocycles. The van der Waals surface area contributed by atoms with Gasteiger partial charge in [0.1, 0.15) is 5.75 Å². The zero-order chi connectivity index (χ0) is 19.3. The van der Waals surface area contributed by atoms with Crippen molar-refractivity contribution >= 4 is 0 Å². The predicted molar refractivity (Wildman–Crippen MR) is 109 cm³/mol. The van der Waals surface area contributed by atoms with Gasteiger partial charge in [0.2, 0.25) is 0 Å². The van der Waals surface area contributed by atoms with E-state index in [0.717, 1.165) is 40.9 Å². The number of hydrogen-bond acceptors (Lipinski definition) is 3. The zero-order valence-corrected chi connectivity index (χ0v) is 16.8. The van der Waals surface area contributed by atoms with Gasteiger partial charge in [0.05, 0.1) is 6.61 Å². The van der Waals surface area contributed by atoms with Crippen LogP contribution in [0.15, 0.2) is 24.3 Å². The second-order valence-corrected chi connectivity index (χ2v) is 7.69. The van der Waals surface area contributed by atoms with E-state index < -0.39 is 0 Å². The first kappa shape index (κ1) is 20.4. The molecular weight excluding hydrogens is 322 g/mol. The van der Waals surface area contributed by atoms with Crippen molar-refractivity contribution in [2.24, 2.45) is 0 Å². The Morgan fingerprint density at radius 2 is 1.62 bits per heavy atom. The first-order chi connectivity index (χ1) is 12.4. The summed E-state index contributed by atoms with van der Waals surface area (Å²) in [6, 6.07) is 7.37. The number of rotatable bonds is 8. The lowest BCUT2D eigenvalue weighted by molar-refractivity contribution is 0.279. The number of nitrogens with zero attached hydrogens (tertiary/aromatic N) is 1. The largest absolute Gasteiger partial charge is 0.508 e. The lowest BCUT2D eigenvalue weighted by Crippen LogP contribution is -2.12. The number of aliphatic hydroxyl groups excluding tert-OH is 1. The van der Waals surface area contributed by atoms with Gasteiger partial charge in [-0.05, 0) is 53.5 Å². The van der Waals surface area contributed by atoms with E-state index in [4.69, 9.17) is 4.98 Å². The molecule has 0 spiro atoms. The van der Waals surface area contributed by atoms with E-state index in [9.17, 15) is 10.2 Å². The van der Waals surface area contributed by atoms with Gasteiger partial charge >= 0.3 is 0 Å². The molecule has 0 fully saturated rings. The number of aromatic nitrogens is 1. The maximum absolute atomic E-state index is 10.2. The van der Waals surface area contributed by atoms with Gasteiger partial charge in [0.25, 0.3) is 0 Å². The Labute approximate surface area is 158 Å². The van der Waals surface area contributed by atoms with E-state index in [-0.39, 0.29) is 18.3 Å². The van der Waals surface area contributed by atoms with Crippen LogP contribution in [0, 0.1) is 0 Å². The molecule has 0 bridgehead atoms. The Hall–Kier alpha value is -1.87. The maximum Gasteiger partial charge on any atom is 0.116 e. The average molecular weight is 356 g/mol. The molecule has 2 rings (SSSR count). The smallest absolute Gasteiger partial charge is 0.116 e. The highest BCUT2D eigenvalue weighted by atomic mass is 16.3. The number of phenolic OH excluding ortho intramolecular Hbond substituents is 1. The van der Waals surface area contributed by atoms with E-state index in [2.05, 4.69) is 34.6 Å². The molecule has 0 aliphatic heterocycles. The standard InChI is InChI=1S/C23H33NO2/c1-6-7-8-12-19-21(17-10-9-11-18(26)13-17)20(14-25)23(16(4)5)24-22(19)15(2)3/h9-11,13,15-16,25-26H,6-8,12,14H2,1-5H3. The fourth-order valence-electron chi connectivity index (χ4n) is 3.63. The Bertz CT molecular complexity index is 735. The number of unbranched alkanes of at least 4 members (excludes halogenated alkanes) is 2. The Morgan fingerprint density at radius 3 is 2.15 bits per heavy atom. The lowest BCUT2D eigenvalue weighted by Gasteiger charge is -2.24. The van der Waals surface area contributed by atoms with E-state index in [1.54, 1.807) is 12.1 Å². The molecule has 3 nitrogen and oxygen atoms in total. The molecule has 0 aliphatic carbocycles. The molecule has 0 saturated heterocycles. The summed E-state index contributed by atoms with van der Waals surface area (Å²) < 4.78 is 0. The van der Waals surface area contributed by atoms with Gasteiger partial charge in [0.15, 0.2) is 0 Å². The molecule has 26 heavy (non-hydrogen) atoms. The van der Waals surface area contributed by atoms with E-state index in [1.807, 2.05) is 12.1 Å². The van der Waals surface area contributed by atoms with Gasteiger partial charge in [0, 0.05) is 17.0 Å². The average Bonchev–Trinajstić information content (AvgIpc) is 2.60. The summed E-state index contributed by atoms with van der Waals surface area (Å²) in [6.07, 6.45) is 4.40. The van der Waals surface area contributed by atoms with Gasteiger partial charge < -0.3 is 10.2 Å². The van der Waals surface area contributed by atoms with Gasteiger partial charge in [-0.25, -0.2) is 0 Å². The van der Waals surface area contributed by atoms with Gasteiger partial charge in [-0.2, -0.15) is 0 Å². The predicted octanol–water partition coefficient (Wildman–Crippen LogP) is 5.93. The van der Waals surface area contributed by atoms with Crippen LogP contribution < -0.4 is 0 Å². The van der Waals surface area contributed by atoms with Crippen LogP contribution in [-0.2, 0) is 13.0 Å². The molecular formula is C23H33NO2. The van der Waals surface area contributed by atoms with Gasteiger partial charge in [-0.15, -0.1) is 0 Å². The fraction of sp³-hybridized carbons (Fsp3) is 0.522. The minimum Gasteiger partial charge on any atom is -0.508 e. The third kappa shape index (κ3) is 4.45. The third-order valence-corrected chi connectivity index (χ3v) is 4.88. The summed E-state index contributed by atoms with van der Waals surface area (Å²) in [6.45, 7) is 10.8. The molecule has 2 aromatic rings. The van der Waals surface area contributed by atoms with Crippen molar-refractivity contribution in [1.29, 1.82) is 0 Å². The number of aromatic hydroxyl groups is 1. The first-order valence-corrected chi connectivity index (χ1v) is 9.86. The molecule has 0 radical (unpaired) electrons. The minimum atomic E-state index is -0.0370. The Morgan fingerprint density at radius 1 is 0.962 bits per heavy atom. The fourth-order valence-corrected chi connectivity index (χ4v) is 3.63. The van der Waals surface area contributed by atoms with E-state index >= 15 is 0 Å². The monoisotopic (exact) mass is 355 g/mol. The molecule has 1 heterocycles. The highest BCUT2D eigenvalue weighted by Crippen LogP contribution is 2.38. The Balaban J connectivity index is 2.80. The van der Waals surface area contributed by atoms with Gasteiger partial charge in [-0.3, -0.25) is 4.98 Å². The zero-order valence-electron chi connectivity index (χ0n) is 16.8. The van der Waals surface area contributed by atoms with Crippen LogP contribution in [0.4, 0.5) is 0 Å². The highest BCUT2D eigenvalue weighted by molar-refractivity contribution is 5.74. The second kappa shape index (κ2) is 9.18. The number of phenols is 1. The quantitative estimate of drug-likeness (QED) is 0.577. The van der Waals surface area contributed by atoms with Crippen LogP contribution in [0.5, 0.6) is 5.75 Å². The summed E-state index contributed by atoms with van der Waals surface area (Å²) in [5.41, 5.74) is 6.26. The molecule has 0 saturated carbocycles.